The molecule has 0 saturated carbocycles. The second-order valence-corrected chi connectivity index (χ2v) is 6.10. The van der Waals surface area contributed by atoms with E-state index >= 15 is 0 Å². The Morgan fingerprint density at radius 1 is 1.29 bits per heavy atom. The van der Waals surface area contributed by atoms with Crippen LogP contribution in [0.1, 0.15) is 47.5 Å². The number of carbonyl (C=O) groups is 1. The lowest BCUT2D eigenvalue weighted by Crippen LogP contribution is -2.36. The number of hydrogen-bond donors (Lipinski definition) is 3. The van der Waals surface area contributed by atoms with Gasteiger partial charge < -0.3 is 11.5 Å². The molecule has 0 saturated heterocycles. The predicted octanol–water partition coefficient (Wildman–Crippen LogP) is 3.34. The van der Waals surface area contributed by atoms with Crippen LogP contribution in [-0.2, 0) is 4.79 Å². The molecule has 1 aromatic rings. The molecule has 0 fully saturated rings. The molecule has 150 valence electrons. The van der Waals surface area contributed by atoms with Gasteiger partial charge in [-0.05, 0) is 38.8 Å². The van der Waals surface area contributed by atoms with Crippen LogP contribution >= 0.6 is 0 Å². The number of nitrogen functional groups attached to an aromatic ring is 1. The molecule has 8 nitrogen and oxygen atoms in total. The van der Waals surface area contributed by atoms with Crippen LogP contribution in [0.2, 0.25) is 0 Å². The second kappa shape index (κ2) is 10.8. The van der Waals surface area contributed by atoms with Crippen LogP contribution in [0.4, 0.5) is 11.6 Å². The Labute approximate surface area is 166 Å². The molecule has 1 heterocycles. The third-order valence-electron chi connectivity index (χ3n) is 4.18. The van der Waals surface area contributed by atoms with Crippen molar-refractivity contribution in [3.05, 3.63) is 47.0 Å². The molecule has 0 aromatic carbocycles. The van der Waals surface area contributed by atoms with Crippen molar-refractivity contribution >= 4 is 29.7 Å². The summed E-state index contributed by atoms with van der Waals surface area (Å²) in [6, 6.07) is 1.50. The van der Waals surface area contributed by atoms with E-state index < -0.39 is 0 Å². The normalized spacial score (nSPS) is 13.8. The zero-order valence-electron chi connectivity index (χ0n) is 17.2. The zero-order chi connectivity index (χ0) is 21.3. The van der Waals surface area contributed by atoms with Crippen LogP contribution in [0, 0.1) is 5.41 Å². The standard InChI is InChI=1S/C20H29N7O/c1-6-13(4)15(17(28)8-3)9-14(5)16(7-2)26-20(23)27(11-21)19-10-18(22)24-12-25-19/h7,9-12,21H,6,8H2,1-5H3,(H2,23,26)(H2,22,24,25)/b14-9-,15-13?,16-7+,21-11?. The number of nitrogens with one attached hydrogen (secondary N) is 1. The molecule has 0 amide bonds. The number of carbonyl (C=O) groups excluding carboxylic acids is 1. The maximum atomic E-state index is 12.3. The molecule has 0 spiro atoms. The van der Waals surface area contributed by atoms with Crippen molar-refractivity contribution in [2.75, 3.05) is 10.6 Å². The number of allylic oxidation sites excluding steroid dienone is 5. The van der Waals surface area contributed by atoms with Gasteiger partial charge in [0.25, 0.3) is 0 Å². The van der Waals surface area contributed by atoms with Gasteiger partial charge in [-0.3, -0.25) is 15.1 Å². The molecule has 0 unspecified atom stereocenters. The number of ketones is 1. The highest BCUT2D eigenvalue weighted by Gasteiger charge is 2.13. The molecule has 8 heteroatoms. The van der Waals surface area contributed by atoms with Crippen molar-refractivity contribution in [1.29, 1.82) is 5.41 Å². The van der Waals surface area contributed by atoms with Crippen LogP contribution in [0.3, 0.4) is 0 Å². The number of aromatic nitrogens is 2. The fourth-order valence-electron chi connectivity index (χ4n) is 2.41. The number of nitrogens with two attached hydrogens (primary N) is 2. The highest BCUT2D eigenvalue weighted by molar-refractivity contribution is 6.08. The van der Waals surface area contributed by atoms with Crippen LogP contribution in [0.5, 0.6) is 0 Å². The lowest BCUT2D eigenvalue weighted by atomic mass is 9.98. The monoisotopic (exact) mass is 383 g/mol. The number of anilines is 2. The van der Waals surface area contributed by atoms with Crippen molar-refractivity contribution in [3.63, 3.8) is 0 Å². The molecule has 0 bridgehead atoms. The van der Waals surface area contributed by atoms with Gasteiger partial charge in [-0.2, -0.15) is 0 Å². The van der Waals surface area contributed by atoms with Gasteiger partial charge in [0.2, 0.25) is 5.96 Å². The van der Waals surface area contributed by atoms with Crippen molar-refractivity contribution in [2.24, 2.45) is 10.7 Å². The van der Waals surface area contributed by atoms with E-state index in [1.807, 2.05) is 40.7 Å². The van der Waals surface area contributed by atoms with E-state index in [4.69, 9.17) is 16.9 Å². The molecule has 1 rings (SSSR count). The summed E-state index contributed by atoms with van der Waals surface area (Å²) >= 11 is 0. The Hall–Kier alpha value is -3.29. The highest BCUT2D eigenvalue weighted by Crippen LogP contribution is 2.20. The largest absolute Gasteiger partial charge is 0.384 e. The summed E-state index contributed by atoms with van der Waals surface area (Å²) in [4.78, 5) is 25.9. The third kappa shape index (κ3) is 5.87. The first-order valence-electron chi connectivity index (χ1n) is 9.08. The van der Waals surface area contributed by atoms with E-state index in [1.54, 1.807) is 6.08 Å². The number of rotatable bonds is 8. The topological polar surface area (TPSA) is 134 Å². The van der Waals surface area contributed by atoms with Gasteiger partial charge in [-0.25, -0.2) is 15.0 Å². The molecule has 28 heavy (non-hydrogen) atoms. The minimum Gasteiger partial charge on any atom is -0.384 e. The van der Waals surface area contributed by atoms with E-state index in [9.17, 15) is 4.79 Å². The van der Waals surface area contributed by atoms with Crippen LogP contribution in [0.15, 0.2) is 52.0 Å². The molecule has 1 aromatic heterocycles. The Kier molecular flexibility index (Phi) is 8.74. The van der Waals surface area contributed by atoms with Crippen molar-refractivity contribution in [2.45, 2.75) is 47.5 Å². The number of aliphatic imine (C=N–C) groups is 1. The summed E-state index contributed by atoms with van der Waals surface area (Å²) in [7, 11) is 0. The zero-order valence-corrected chi connectivity index (χ0v) is 17.2. The van der Waals surface area contributed by atoms with E-state index in [2.05, 4.69) is 15.0 Å². The van der Waals surface area contributed by atoms with Gasteiger partial charge in [-0.1, -0.05) is 25.5 Å². The van der Waals surface area contributed by atoms with E-state index in [0.29, 0.717) is 23.5 Å². The van der Waals surface area contributed by atoms with Crippen LogP contribution < -0.4 is 16.4 Å². The number of Topliss-reactive ketones (excluding diaryl/α,β-unsaturated/α-hetero) is 1. The molecule has 0 aliphatic heterocycles. The maximum absolute atomic E-state index is 12.3. The molecule has 0 aliphatic carbocycles. The first-order chi connectivity index (χ1) is 13.3. The number of hydrogen-bond acceptors (Lipinski definition) is 6. The minimum atomic E-state index is 0.0495. The van der Waals surface area contributed by atoms with Crippen LogP contribution in [0.25, 0.3) is 0 Å². The summed E-state index contributed by atoms with van der Waals surface area (Å²) in [6.07, 6.45) is 7.15. The van der Waals surface area contributed by atoms with Crippen LogP contribution in [-0.4, -0.2) is 28.0 Å². The van der Waals surface area contributed by atoms with Gasteiger partial charge >= 0.3 is 0 Å². The number of guanidine groups is 1. The molecular weight excluding hydrogens is 354 g/mol. The van der Waals surface area contributed by atoms with Gasteiger partial charge in [0.05, 0.1) is 12.0 Å². The smallest absolute Gasteiger partial charge is 0.207 e. The average molecular weight is 384 g/mol. The van der Waals surface area contributed by atoms with E-state index in [1.165, 1.54) is 17.3 Å². The maximum Gasteiger partial charge on any atom is 0.207 e. The summed E-state index contributed by atoms with van der Waals surface area (Å²) in [6.45, 7) is 9.52. The molecule has 0 aliphatic rings. The van der Waals surface area contributed by atoms with Gasteiger partial charge in [-0.15, -0.1) is 0 Å². The first kappa shape index (κ1) is 22.8. The predicted molar refractivity (Wildman–Crippen MR) is 115 cm³/mol. The lowest BCUT2D eigenvalue weighted by molar-refractivity contribution is -0.115. The quantitative estimate of drug-likeness (QED) is 0.273. The van der Waals surface area contributed by atoms with Crippen molar-refractivity contribution in [1.82, 2.24) is 9.97 Å². The molecular formula is C20H29N7O. The highest BCUT2D eigenvalue weighted by atomic mass is 16.1. The van der Waals surface area contributed by atoms with Crippen molar-refractivity contribution < 1.29 is 4.79 Å². The fraction of sp³-hybridized carbons (Fsp3) is 0.350. The molecule has 0 radical (unpaired) electrons. The molecule has 5 N–H and O–H groups in total. The Morgan fingerprint density at radius 3 is 2.46 bits per heavy atom. The number of nitrogens with zero attached hydrogens (tertiary/aromatic N) is 4. The summed E-state index contributed by atoms with van der Waals surface area (Å²) < 4.78 is 0. The second-order valence-electron chi connectivity index (χ2n) is 6.10. The summed E-state index contributed by atoms with van der Waals surface area (Å²) in [5.41, 5.74) is 14.9. The van der Waals surface area contributed by atoms with Gasteiger partial charge in [0.15, 0.2) is 5.78 Å². The summed E-state index contributed by atoms with van der Waals surface area (Å²) in [5.74, 6) is 0.733. The Bertz CT molecular complexity index is 850. The van der Waals surface area contributed by atoms with E-state index in [-0.39, 0.29) is 17.6 Å². The Morgan fingerprint density at radius 2 is 1.96 bits per heavy atom. The molecule has 0 atom stereocenters. The third-order valence-corrected chi connectivity index (χ3v) is 4.18. The van der Waals surface area contributed by atoms with E-state index in [0.717, 1.165) is 23.9 Å². The fourth-order valence-corrected chi connectivity index (χ4v) is 2.41. The SMILES string of the molecule is C/C=C(N=C(N)N(C=N)c1cc(N)ncn1)\C(C)=C/C(C(=O)CC)=C(C)CC. The Balaban J connectivity index is 3.31. The lowest BCUT2D eigenvalue weighted by Gasteiger charge is -2.17. The summed E-state index contributed by atoms with van der Waals surface area (Å²) in [5, 5.41) is 7.64. The average Bonchev–Trinajstić information content (AvgIpc) is 2.69. The van der Waals surface area contributed by atoms with Crippen molar-refractivity contribution in [3.8, 4) is 0 Å². The minimum absolute atomic E-state index is 0.0495. The van der Waals surface area contributed by atoms with Gasteiger partial charge in [0.1, 0.15) is 18.0 Å². The van der Waals surface area contributed by atoms with Gasteiger partial charge in [0, 0.05) is 18.1 Å². The first-order valence-corrected chi connectivity index (χ1v) is 9.08.